The largest absolute Gasteiger partial charge is 1.00 e. The van der Waals surface area contributed by atoms with Crippen molar-refractivity contribution in [1.82, 2.24) is 4.57 Å². The van der Waals surface area contributed by atoms with Gasteiger partial charge in [0.05, 0.1) is 0 Å². The maximum atomic E-state index is 10.8. The standard InChI is InChI=1S/C17H22N2O2.BrH/c1-12(2)14-6-5-7-15(13(3)4)17(14)19-9-8-18(11-19)10-16(20)21;/h5-9,11-13H,10H2,1-4H3;1H. The van der Waals surface area contributed by atoms with Crippen LogP contribution in [0.25, 0.3) is 5.69 Å². The van der Waals surface area contributed by atoms with Gasteiger partial charge in [0.25, 0.3) is 0 Å². The van der Waals surface area contributed by atoms with Gasteiger partial charge in [0, 0.05) is 11.1 Å². The molecule has 120 valence electrons. The molecular weight excluding hydrogens is 344 g/mol. The van der Waals surface area contributed by atoms with Crippen LogP contribution < -0.4 is 21.5 Å². The smallest absolute Gasteiger partial charge is 0.346 e. The summed E-state index contributed by atoms with van der Waals surface area (Å²) in [7, 11) is 0. The summed E-state index contributed by atoms with van der Waals surface area (Å²) in [5, 5.41) is 8.90. The molecule has 0 spiro atoms. The molecule has 4 nitrogen and oxygen atoms in total. The summed E-state index contributed by atoms with van der Waals surface area (Å²) in [6.07, 6.45) is 5.58. The van der Waals surface area contributed by atoms with Crippen LogP contribution in [0.3, 0.4) is 0 Å². The molecule has 0 fully saturated rings. The summed E-state index contributed by atoms with van der Waals surface area (Å²) in [6, 6.07) is 6.39. The number of benzene rings is 1. The van der Waals surface area contributed by atoms with E-state index in [0.717, 1.165) is 0 Å². The highest BCUT2D eigenvalue weighted by atomic mass is 79.9. The third kappa shape index (κ3) is 3.97. The molecule has 2 rings (SSSR count). The molecule has 5 heteroatoms. The van der Waals surface area contributed by atoms with Gasteiger partial charge in [-0.3, -0.25) is 0 Å². The van der Waals surface area contributed by atoms with E-state index in [4.69, 9.17) is 5.11 Å². The van der Waals surface area contributed by atoms with E-state index in [-0.39, 0.29) is 23.5 Å². The van der Waals surface area contributed by atoms with Gasteiger partial charge >= 0.3 is 5.97 Å². The lowest BCUT2D eigenvalue weighted by Crippen LogP contribution is -3.00. The van der Waals surface area contributed by atoms with Gasteiger partial charge in [-0.05, 0) is 11.8 Å². The minimum absolute atomic E-state index is 0. The van der Waals surface area contributed by atoms with Crippen molar-refractivity contribution in [3.63, 3.8) is 0 Å². The average Bonchev–Trinajstić information content (AvgIpc) is 2.84. The van der Waals surface area contributed by atoms with Crippen molar-refractivity contribution in [2.45, 2.75) is 46.1 Å². The van der Waals surface area contributed by atoms with Gasteiger partial charge < -0.3 is 22.1 Å². The topological polar surface area (TPSA) is 46.1 Å². The molecule has 1 heterocycles. The SMILES string of the molecule is CC(C)c1cccc(C(C)C)c1-n1cc[n+](CC(=O)O)c1.[Br-]. The summed E-state index contributed by atoms with van der Waals surface area (Å²) < 4.78 is 3.72. The van der Waals surface area contributed by atoms with Crippen molar-refractivity contribution in [3.8, 4) is 5.69 Å². The third-order valence-corrected chi connectivity index (χ3v) is 3.61. The van der Waals surface area contributed by atoms with E-state index in [0.29, 0.717) is 11.8 Å². The van der Waals surface area contributed by atoms with E-state index < -0.39 is 5.97 Å². The monoisotopic (exact) mass is 366 g/mol. The van der Waals surface area contributed by atoms with Crippen molar-refractivity contribution in [1.29, 1.82) is 0 Å². The molecule has 0 amide bonds. The first-order chi connectivity index (χ1) is 9.90. The van der Waals surface area contributed by atoms with E-state index in [9.17, 15) is 4.79 Å². The second-order valence-electron chi connectivity index (χ2n) is 5.98. The fraction of sp³-hybridized carbons (Fsp3) is 0.412. The zero-order chi connectivity index (χ0) is 15.6. The average molecular weight is 367 g/mol. The molecule has 2 aromatic rings. The Bertz CT molecular complexity index is 622. The number of para-hydroxylation sites is 1. The Kier molecular flexibility index (Phi) is 6.35. The van der Waals surface area contributed by atoms with Gasteiger partial charge in [0.1, 0.15) is 18.1 Å². The molecule has 1 N–H and O–H groups in total. The molecule has 22 heavy (non-hydrogen) atoms. The highest BCUT2D eigenvalue weighted by molar-refractivity contribution is 5.64. The maximum Gasteiger partial charge on any atom is 0.346 e. The molecule has 0 unspecified atom stereocenters. The first-order valence-electron chi connectivity index (χ1n) is 7.32. The molecule has 0 aliphatic carbocycles. The minimum Gasteiger partial charge on any atom is -1.00 e. The van der Waals surface area contributed by atoms with Crippen LogP contribution >= 0.6 is 0 Å². The number of carbonyl (C=O) groups is 1. The first-order valence-corrected chi connectivity index (χ1v) is 7.32. The number of hydrogen-bond acceptors (Lipinski definition) is 1. The van der Waals surface area contributed by atoms with Crippen LogP contribution in [-0.2, 0) is 11.3 Å². The zero-order valence-corrected chi connectivity index (χ0v) is 15.0. The normalized spacial score (nSPS) is 10.8. The lowest BCUT2D eigenvalue weighted by Gasteiger charge is -2.16. The lowest BCUT2D eigenvalue weighted by molar-refractivity contribution is -0.685. The number of hydrogen-bond donors (Lipinski definition) is 1. The molecule has 0 aliphatic rings. The molecule has 0 bridgehead atoms. The Hall–Kier alpha value is -1.62. The number of imidazole rings is 1. The maximum absolute atomic E-state index is 10.8. The summed E-state index contributed by atoms with van der Waals surface area (Å²) in [6.45, 7) is 8.69. The van der Waals surface area contributed by atoms with Gasteiger partial charge in [-0.2, -0.15) is 0 Å². The van der Waals surface area contributed by atoms with Crippen LogP contribution in [-0.4, -0.2) is 15.6 Å². The fourth-order valence-corrected chi connectivity index (χ4v) is 2.59. The van der Waals surface area contributed by atoms with Gasteiger partial charge in [0.2, 0.25) is 6.33 Å². The second kappa shape index (κ2) is 7.58. The minimum atomic E-state index is -0.834. The van der Waals surface area contributed by atoms with Crippen molar-refractivity contribution in [2.75, 3.05) is 0 Å². The number of aliphatic carboxylic acids is 1. The molecular formula is C17H23BrN2O2. The van der Waals surface area contributed by atoms with Crippen molar-refractivity contribution in [2.24, 2.45) is 0 Å². The second-order valence-corrected chi connectivity index (χ2v) is 5.98. The summed E-state index contributed by atoms with van der Waals surface area (Å²) in [5.41, 5.74) is 3.73. The van der Waals surface area contributed by atoms with E-state index in [2.05, 4.69) is 45.9 Å². The summed E-state index contributed by atoms with van der Waals surface area (Å²) >= 11 is 0. The van der Waals surface area contributed by atoms with Gasteiger partial charge in [0.15, 0.2) is 6.54 Å². The predicted molar refractivity (Wildman–Crippen MR) is 81.8 cm³/mol. The van der Waals surface area contributed by atoms with Crippen molar-refractivity contribution >= 4 is 5.97 Å². The highest BCUT2D eigenvalue weighted by Crippen LogP contribution is 2.30. The van der Waals surface area contributed by atoms with Crippen LogP contribution in [0.1, 0.15) is 50.7 Å². The fourth-order valence-electron chi connectivity index (χ4n) is 2.59. The molecule has 0 saturated carbocycles. The predicted octanol–water partition coefficient (Wildman–Crippen LogP) is 0.100. The molecule has 0 atom stereocenters. The van der Waals surface area contributed by atoms with Crippen molar-refractivity contribution < 1.29 is 31.4 Å². The first kappa shape index (κ1) is 18.4. The Balaban J connectivity index is 0.00000242. The molecule has 1 aromatic heterocycles. The molecule has 0 radical (unpaired) electrons. The summed E-state index contributed by atoms with van der Waals surface area (Å²) in [5.74, 6) is -0.0120. The number of aromatic nitrogens is 2. The van der Waals surface area contributed by atoms with Crippen molar-refractivity contribution in [3.05, 3.63) is 48.0 Å². The Morgan fingerprint density at radius 1 is 1.18 bits per heavy atom. The Morgan fingerprint density at radius 2 is 1.73 bits per heavy atom. The number of rotatable bonds is 5. The zero-order valence-electron chi connectivity index (χ0n) is 13.5. The van der Waals surface area contributed by atoms with Crippen LogP contribution in [0.2, 0.25) is 0 Å². The van der Waals surface area contributed by atoms with Gasteiger partial charge in [-0.25, -0.2) is 13.9 Å². The Labute approximate surface area is 142 Å². The molecule has 0 aliphatic heterocycles. The van der Waals surface area contributed by atoms with Gasteiger partial charge in [-0.1, -0.05) is 45.9 Å². The van der Waals surface area contributed by atoms with E-state index >= 15 is 0 Å². The molecule has 1 aromatic carbocycles. The Morgan fingerprint density at radius 3 is 2.18 bits per heavy atom. The number of carboxylic acid groups (broad SMARTS) is 1. The molecule has 0 saturated heterocycles. The number of carboxylic acids is 1. The van der Waals surface area contributed by atoms with Crippen LogP contribution in [0, 0.1) is 0 Å². The number of nitrogens with zero attached hydrogens (tertiary/aromatic N) is 2. The lowest BCUT2D eigenvalue weighted by atomic mass is 9.92. The van der Waals surface area contributed by atoms with E-state index in [1.165, 1.54) is 16.8 Å². The van der Waals surface area contributed by atoms with E-state index in [1.54, 1.807) is 10.8 Å². The van der Waals surface area contributed by atoms with Crippen LogP contribution in [0.4, 0.5) is 0 Å². The summed E-state index contributed by atoms with van der Waals surface area (Å²) in [4.78, 5) is 10.8. The highest BCUT2D eigenvalue weighted by Gasteiger charge is 2.20. The quantitative estimate of drug-likeness (QED) is 0.763. The third-order valence-electron chi connectivity index (χ3n) is 3.61. The van der Waals surface area contributed by atoms with Crippen LogP contribution in [0.15, 0.2) is 36.9 Å². The van der Waals surface area contributed by atoms with E-state index in [1.807, 2.05) is 17.1 Å². The van der Waals surface area contributed by atoms with Gasteiger partial charge in [-0.15, -0.1) is 0 Å². The number of halogens is 1. The van der Waals surface area contributed by atoms with Crippen LogP contribution in [0.5, 0.6) is 0 Å².